The fourth-order valence-corrected chi connectivity index (χ4v) is 3.05. The van der Waals surface area contributed by atoms with E-state index in [0.29, 0.717) is 0 Å². The third-order valence-electron chi connectivity index (χ3n) is 4.20. The van der Waals surface area contributed by atoms with Crippen LogP contribution in [-0.4, -0.2) is 21.0 Å². The van der Waals surface area contributed by atoms with Crippen molar-refractivity contribution in [2.75, 3.05) is 25.9 Å². The first kappa shape index (κ1) is 13.2. The van der Waals surface area contributed by atoms with Crippen molar-refractivity contribution in [3.8, 4) is 11.5 Å². The lowest BCUT2D eigenvalue weighted by Gasteiger charge is -2.32. The van der Waals surface area contributed by atoms with E-state index in [4.69, 9.17) is 14.2 Å². The molecule has 2 aromatic carbocycles. The van der Waals surface area contributed by atoms with E-state index in [9.17, 15) is 0 Å². The Hall–Kier alpha value is -2.46. The van der Waals surface area contributed by atoms with Crippen LogP contribution in [0.5, 0.6) is 11.5 Å². The number of anilines is 1. The molecule has 0 saturated carbocycles. The predicted molar refractivity (Wildman–Crippen MR) is 85.1 cm³/mol. The maximum atomic E-state index is 5.65. The molecule has 4 nitrogen and oxygen atoms in total. The van der Waals surface area contributed by atoms with E-state index in [-0.39, 0.29) is 12.9 Å². The monoisotopic (exact) mass is 295 g/mol. The van der Waals surface area contributed by atoms with Gasteiger partial charge < -0.3 is 19.1 Å². The highest BCUT2D eigenvalue weighted by Crippen LogP contribution is 2.41. The smallest absolute Gasteiger partial charge is 0.231 e. The minimum atomic E-state index is -0.0483. The quantitative estimate of drug-likeness (QED) is 0.847. The Morgan fingerprint density at radius 3 is 2.77 bits per heavy atom. The van der Waals surface area contributed by atoms with Crippen LogP contribution in [0.2, 0.25) is 0 Å². The number of ether oxygens (including phenoxy) is 3. The summed E-state index contributed by atoms with van der Waals surface area (Å²) in [7, 11) is 3.81. The molecule has 0 radical (unpaired) electrons. The van der Waals surface area contributed by atoms with Gasteiger partial charge in [-0.15, -0.1) is 0 Å². The van der Waals surface area contributed by atoms with Gasteiger partial charge in [-0.3, -0.25) is 0 Å². The van der Waals surface area contributed by atoms with Crippen LogP contribution in [0, 0.1) is 0 Å². The molecule has 0 spiro atoms. The molecule has 2 aromatic rings. The Morgan fingerprint density at radius 1 is 1.09 bits per heavy atom. The zero-order valence-electron chi connectivity index (χ0n) is 12.6. The average Bonchev–Trinajstić information content (AvgIpc) is 3.03. The molecule has 2 aliphatic rings. The third-order valence-corrected chi connectivity index (χ3v) is 4.20. The normalized spacial score (nSPS) is 18.9. The van der Waals surface area contributed by atoms with E-state index in [2.05, 4.69) is 36.2 Å². The van der Waals surface area contributed by atoms with Crippen LogP contribution < -0.4 is 14.4 Å². The van der Waals surface area contributed by atoms with Gasteiger partial charge in [0.25, 0.3) is 0 Å². The summed E-state index contributed by atoms with van der Waals surface area (Å²) in [5.74, 6) is 1.59. The van der Waals surface area contributed by atoms with E-state index < -0.39 is 0 Å². The zero-order chi connectivity index (χ0) is 15.1. The van der Waals surface area contributed by atoms with Gasteiger partial charge in [0.2, 0.25) is 6.79 Å². The number of hydrogen-bond donors (Lipinski definition) is 0. The van der Waals surface area contributed by atoms with Gasteiger partial charge in [-0.2, -0.15) is 0 Å². The van der Waals surface area contributed by atoms with Gasteiger partial charge in [0, 0.05) is 36.7 Å². The van der Waals surface area contributed by atoms with E-state index in [1.54, 1.807) is 7.11 Å². The molecular weight excluding hydrogens is 278 g/mol. The van der Waals surface area contributed by atoms with E-state index in [0.717, 1.165) is 28.4 Å². The van der Waals surface area contributed by atoms with Crippen LogP contribution in [0.3, 0.4) is 0 Å². The molecular formula is C18H17NO3. The number of rotatable bonds is 2. The third kappa shape index (κ3) is 1.96. The standard InChI is InChI=1S/C18H17NO3/c1-19-14-6-4-3-5-13(14)17(20-2)10-15(19)12-7-8-16-18(9-12)22-11-21-16/h3-10,17H,11H2,1-2H3. The van der Waals surface area contributed by atoms with Crippen molar-refractivity contribution in [2.24, 2.45) is 0 Å². The Kier molecular flexibility index (Phi) is 3.05. The van der Waals surface area contributed by atoms with Crippen LogP contribution >= 0.6 is 0 Å². The molecule has 1 atom stereocenters. The van der Waals surface area contributed by atoms with Crippen LogP contribution in [0.15, 0.2) is 48.5 Å². The van der Waals surface area contributed by atoms with E-state index in [1.807, 2.05) is 24.3 Å². The molecule has 112 valence electrons. The second kappa shape index (κ2) is 5.07. The molecule has 4 rings (SSSR count). The van der Waals surface area contributed by atoms with Crippen molar-refractivity contribution >= 4 is 11.4 Å². The molecule has 2 heterocycles. The van der Waals surface area contributed by atoms with Crippen molar-refractivity contribution < 1.29 is 14.2 Å². The van der Waals surface area contributed by atoms with Gasteiger partial charge in [0.05, 0.1) is 0 Å². The summed E-state index contributed by atoms with van der Waals surface area (Å²) in [5, 5.41) is 0. The maximum absolute atomic E-state index is 5.65. The lowest BCUT2D eigenvalue weighted by atomic mass is 9.97. The highest BCUT2D eigenvalue weighted by molar-refractivity contribution is 5.84. The number of para-hydroxylation sites is 1. The summed E-state index contributed by atoms with van der Waals surface area (Å²) in [6.07, 6.45) is 2.09. The summed E-state index contributed by atoms with van der Waals surface area (Å²) in [6, 6.07) is 14.3. The molecule has 2 aliphatic heterocycles. The fraction of sp³-hybridized carbons (Fsp3) is 0.222. The van der Waals surface area contributed by atoms with Gasteiger partial charge in [0.15, 0.2) is 11.5 Å². The molecule has 0 aromatic heterocycles. The molecule has 0 amide bonds. The highest BCUT2D eigenvalue weighted by atomic mass is 16.7. The molecule has 0 bridgehead atoms. The van der Waals surface area contributed by atoms with E-state index in [1.165, 1.54) is 5.56 Å². The Balaban J connectivity index is 1.80. The number of hydrogen-bond acceptors (Lipinski definition) is 4. The minimum Gasteiger partial charge on any atom is -0.454 e. The van der Waals surface area contributed by atoms with Crippen LogP contribution in [0.25, 0.3) is 5.70 Å². The van der Waals surface area contributed by atoms with Gasteiger partial charge >= 0.3 is 0 Å². The minimum absolute atomic E-state index is 0.0483. The van der Waals surface area contributed by atoms with Crippen LogP contribution in [0.4, 0.5) is 5.69 Å². The van der Waals surface area contributed by atoms with Gasteiger partial charge in [-0.1, -0.05) is 18.2 Å². The number of methoxy groups -OCH3 is 1. The largest absolute Gasteiger partial charge is 0.454 e. The van der Waals surface area contributed by atoms with Crippen molar-refractivity contribution in [1.29, 1.82) is 0 Å². The van der Waals surface area contributed by atoms with Crippen molar-refractivity contribution in [3.63, 3.8) is 0 Å². The lowest BCUT2D eigenvalue weighted by molar-refractivity contribution is 0.142. The van der Waals surface area contributed by atoms with Crippen LogP contribution in [-0.2, 0) is 4.74 Å². The fourth-order valence-electron chi connectivity index (χ4n) is 3.05. The number of benzene rings is 2. The molecule has 22 heavy (non-hydrogen) atoms. The first-order chi connectivity index (χ1) is 10.8. The first-order valence-electron chi connectivity index (χ1n) is 7.25. The second-order valence-corrected chi connectivity index (χ2v) is 5.39. The molecule has 0 N–H and O–H groups in total. The van der Waals surface area contributed by atoms with Gasteiger partial charge in [0.1, 0.15) is 6.10 Å². The van der Waals surface area contributed by atoms with Crippen LogP contribution in [0.1, 0.15) is 17.2 Å². The number of fused-ring (bicyclic) bond motifs is 2. The second-order valence-electron chi connectivity index (χ2n) is 5.39. The topological polar surface area (TPSA) is 30.9 Å². The van der Waals surface area contributed by atoms with Gasteiger partial charge in [-0.25, -0.2) is 0 Å². The summed E-state index contributed by atoms with van der Waals surface area (Å²) < 4.78 is 16.5. The van der Waals surface area contributed by atoms with E-state index >= 15 is 0 Å². The average molecular weight is 295 g/mol. The van der Waals surface area contributed by atoms with Crippen molar-refractivity contribution in [1.82, 2.24) is 0 Å². The first-order valence-corrected chi connectivity index (χ1v) is 7.25. The highest BCUT2D eigenvalue weighted by Gasteiger charge is 2.25. The SMILES string of the molecule is COC1C=C(c2ccc3c(c2)OCO3)N(C)c2ccccc21. The van der Waals surface area contributed by atoms with Crippen molar-refractivity contribution in [2.45, 2.75) is 6.10 Å². The Morgan fingerprint density at radius 2 is 1.91 bits per heavy atom. The van der Waals surface area contributed by atoms with Crippen molar-refractivity contribution in [3.05, 3.63) is 59.7 Å². The van der Waals surface area contributed by atoms with Gasteiger partial charge in [-0.05, 0) is 30.3 Å². The zero-order valence-corrected chi connectivity index (χ0v) is 12.6. The molecule has 0 fully saturated rings. The Labute approximate surface area is 129 Å². The molecule has 0 saturated heterocycles. The maximum Gasteiger partial charge on any atom is 0.231 e. The Bertz CT molecular complexity index is 754. The summed E-state index contributed by atoms with van der Waals surface area (Å²) in [5.41, 5.74) is 4.52. The molecule has 1 unspecified atom stereocenters. The molecule has 0 aliphatic carbocycles. The summed E-state index contributed by atoms with van der Waals surface area (Å²) in [4.78, 5) is 2.18. The lowest BCUT2D eigenvalue weighted by Crippen LogP contribution is -2.23. The number of nitrogens with zero attached hydrogens (tertiary/aromatic N) is 1. The summed E-state index contributed by atoms with van der Waals surface area (Å²) in [6.45, 7) is 0.289. The predicted octanol–water partition coefficient (Wildman–Crippen LogP) is 3.59. The summed E-state index contributed by atoms with van der Waals surface area (Å²) >= 11 is 0. The molecule has 4 heteroatoms.